The fourth-order valence-electron chi connectivity index (χ4n) is 0. The molecule has 0 unspecified atom stereocenters. The van der Waals surface area contributed by atoms with Crippen LogP contribution in [0.25, 0.3) is 0 Å². The second kappa shape index (κ2) is 49.5. The molecule has 0 bridgehead atoms. The molecule has 0 aromatic rings. The molecule has 0 saturated carbocycles. The van der Waals surface area contributed by atoms with Crippen molar-refractivity contribution in [1.82, 2.24) is 0 Å². The highest BCUT2D eigenvalue weighted by atomic mass is 14.0. The van der Waals surface area contributed by atoms with Gasteiger partial charge in [0, 0.05) is 0 Å². The Labute approximate surface area is 155 Å². The van der Waals surface area contributed by atoms with Crippen LogP contribution in [0, 0.1) is 23.7 Å². The maximum atomic E-state index is 2.24. The summed E-state index contributed by atoms with van der Waals surface area (Å²) in [6, 6.07) is 0. The molecular weight excluding hydrogens is 276 g/mol. The smallest absolute Gasteiger partial charge is 0.0448 e. The van der Waals surface area contributed by atoms with Gasteiger partial charge in [0.05, 0.1) is 0 Å². The zero-order chi connectivity index (χ0) is 19.7. The Balaban J connectivity index is -0.0000000274. The van der Waals surface area contributed by atoms with E-state index < -0.39 is 0 Å². The third-order valence-electron chi connectivity index (χ3n) is 1.33. The monoisotopic (exact) mass is 336 g/mol. The lowest BCUT2D eigenvalue weighted by molar-refractivity contribution is 0.457. The Bertz CT molecular complexity index is 79.1. The molecule has 152 valence electrons. The first-order valence-corrected chi connectivity index (χ1v) is 9.94. The van der Waals surface area contributed by atoms with Crippen molar-refractivity contribution in [2.24, 2.45) is 23.7 Å². The lowest BCUT2D eigenvalue weighted by Crippen LogP contribution is -1.95. The second-order valence-corrected chi connectivity index (χ2v) is 7.37. The van der Waals surface area contributed by atoms with E-state index in [0.29, 0.717) is 0 Å². The van der Waals surface area contributed by atoms with Crippen LogP contribution in [0.3, 0.4) is 0 Å². The summed E-state index contributed by atoms with van der Waals surface area (Å²) in [5.41, 5.74) is 0. The minimum Gasteiger partial charge on any atom is -0.0776 e. The third-order valence-corrected chi connectivity index (χ3v) is 1.33. The zero-order valence-electron chi connectivity index (χ0n) is 19.7. The maximum absolute atomic E-state index is 2.24. The van der Waals surface area contributed by atoms with Crippen LogP contribution in [0.5, 0.6) is 0 Å². The van der Waals surface area contributed by atoms with Gasteiger partial charge in [-0.15, -0.1) is 0 Å². The molecule has 0 spiro atoms. The SMILES string of the molecule is C.CC.CC(C)C.CC(C)C.CC(C)C(C)C.CCC.CCC. The van der Waals surface area contributed by atoms with Gasteiger partial charge in [0.1, 0.15) is 0 Å². The molecule has 23 heavy (non-hydrogen) atoms. The first-order valence-electron chi connectivity index (χ1n) is 9.94. The Hall–Kier alpha value is 0. The fraction of sp³-hybridized carbons (Fsp3) is 1.00. The Morgan fingerprint density at radius 3 is 0.478 bits per heavy atom. The van der Waals surface area contributed by atoms with Crippen molar-refractivity contribution < 1.29 is 0 Å². The highest BCUT2D eigenvalue weighted by Crippen LogP contribution is 2.05. The molecule has 0 atom stereocenters. The average Bonchev–Trinajstić information content (AvgIpc) is 2.31. The van der Waals surface area contributed by atoms with Crippen molar-refractivity contribution in [2.75, 3.05) is 0 Å². The fourth-order valence-corrected chi connectivity index (χ4v) is 0. The van der Waals surface area contributed by atoms with Crippen LogP contribution in [0.1, 0.15) is 131 Å². The Morgan fingerprint density at radius 2 is 0.478 bits per heavy atom. The lowest BCUT2D eigenvalue weighted by atomic mass is 10.0. The summed E-state index contributed by atoms with van der Waals surface area (Å²) in [4.78, 5) is 0. The molecule has 0 rings (SSSR count). The summed E-state index contributed by atoms with van der Waals surface area (Å²) < 4.78 is 0. The summed E-state index contributed by atoms with van der Waals surface area (Å²) in [6.07, 6.45) is 2.50. The highest BCUT2D eigenvalue weighted by molar-refractivity contribution is 4.46. The largest absolute Gasteiger partial charge is 0.0776 e. The van der Waals surface area contributed by atoms with Crippen molar-refractivity contribution in [3.8, 4) is 0 Å². The molecule has 0 heterocycles. The first kappa shape index (κ1) is 43.5. The van der Waals surface area contributed by atoms with E-state index in [4.69, 9.17) is 0 Å². The molecule has 0 saturated heterocycles. The molecule has 0 heteroatoms. The van der Waals surface area contributed by atoms with Crippen LogP contribution >= 0.6 is 0 Å². The van der Waals surface area contributed by atoms with Gasteiger partial charge < -0.3 is 0 Å². The van der Waals surface area contributed by atoms with Gasteiger partial charge in [-0.3, -0.25) is 0 Å². The molecule has 0 aliphatic rings. The normalized spacial score (nSPS) is 7.83. The topological polar surface area (TPSA) is 0 Å². The van der Waals surface area contributed by atoms with E-state index in [-0.39, 0.29) is 7.43 Å². The highest BCUT2D eigenvalue weighted by Gasteiger charge is 1.95. The molecule has 0 amide bonds. The van der Waals surface area contributed by atoms with Crippen LogP contribution in [0.2, 0.25) is 0 Å². The van der Waals surface area contributed by atoms with E-state index in [0.717, 1.165) is 23.7 Å². The Kier molecular flexibility index (Phi) is 93.6. The standard InChI is InChI=1S/C6H14.2C4H10.2C3H8.C2H6.CH4/c1-5(2)6(3)4;2*1-4(2)3;2*1-3-2;1-2;/h5-6H,1-4H3;2*4H,1-3H3;2*3H2,1-2H3;1-2H3;1H4. The van der Waals surface area contributed by atoms with Crippen molar-refractivity contribution in [3.63, 3.8) is 0 Å². The van der Waals surface area contributed by atoms with Crippen LogP contribution in [-0.2, 0) is 0 Å². The minimum atomic E-state index is 0. The molecule has 0 fully saturated rings. The maximum Gasteiger partial charge on any atom is -0.0448 e. The van der Waals surface area contributed by atoms with Gasteiger partial charge in [0.25, 0.3) is 0 Å². The number of rotatable bonds is 1. The van der Waals surface area contributed by atoms with Crippen molar-refractivity contribution in [3.05, 3.63) is 0 Å². The molecule has 0 N–H and O–H groups in total. The van der Waals surface area contributed by atoms with Gasteiger partial charge in [-0.1, -0.05) is 131 Å². The molecule has 0 aliphatic carbocycles. The summed E-state index contributed by atoms with van der Waals surface area (Å²) >= 11 is 0. The van der Waals surface area contributed by atoms with Gasteiger partial charge in [0.2, 0.25) is 0 Å². The quantitative estimate of drug-likeness (QED) is 0.446. The van der Waals surface area contributed by atoms with Crippen molar-refractivity contribution in [1.29, 1.82) is 0 Å². The summed E-state index contributed by atoms with van der Waals surface area (Å²) in [5, 5.41) is 0. The summed E-state index contributed by atoms with van der Waals surface area (Å²) in [6.45, 7) is 34.5. The molecule has 0 radical (unpaired) electrons. The van der Waals surface area contributed by atoms with Gasteiger partial charge in [-0.05, 0) is 23.7 Å². The van der Waals surface area contributed by atoms with Gasteiger partial charge >= 0.3 is 0 Å². The van der Waals surface area contributed by atoms with Gasteiger partial charge in [-0.25, -0.2) is 0 Å². The first-order chi connectivity index (χ1) is 9.94. The van der Waals surface area contributed by atoms with Crippen LogP contribution < -0.4 is 0 Å². The predicted octanol–water partition coefficient (Wildman–Crippen LogP) is 10.1. The van der Waals surface area contributed by atoms with Crippen LogP contribution in [0.15, 0.2) is 0 Å². The summed E-state index contributed by atoms with van der Waals surface area (Å²) in [5.74, 6) is 3.37. The van der Waals surface area contributed by atoms with Gasteiger partial charge in [0.15, 0.2) is 0 Å². The van der Waals surface area contributed by atoms with Gasteiger partial charge in [-0.2, -0.15) is 0 Å². The van der Waals surface area contributed by atoms with E-state index >= 15 is 0 Å². The van der Waals surface area contributed by atoms with Crippen LogP contribution in [-0.4, -0.2) is 0 Å². The van der Waals surface area contributed by atoms with Crippen molar-refractivity contribution in [2.45, 2.75) is 131 Å². The number of hydrogen-bond acceptors (Lipinski definition) is 0. The predicted molar refractivity (Wildman–Crippen MR) is 121 cm³/mol. The summed E-state index contributed by atoms with van der Waals surface area (Å²) in [7, 11) is 0. The Morgan fingerprint density at radius 1 is 0.435 bits per heavy atom. The average molecular weight is 337 g/mol. The molecule has 0 nitrogen and oxygen atoms in total. The lowest BCUT2D eigenvalue weighted by Gasteiger charge is -2.05. The minimum absolute atomic E-state index is 0. The van der Waals surface area contributed by atoms with E-state index in [1.54, 1.807) is 0 Å². The van der Waals surface area contributed by atoms with Crippen LogP contribution in [0.4, 0.5) is 0 Å². The number of hydrogen-bond donors (Lipinski definition) is 0. The van der Waals surface area contributed by atoms with E-state index in [2.05, 4.69) is 96.9 Å². The molecule has 0 aromatic heterocycles. The van der Waals surface area contributed by atoms with E-state index in [9.17, 15) is 0 Å². The molecule has 0 aliphatic heterocycles. The van der Waals surface area contributed by atoms with Crippen molar-refractivity contribution >= 4 is 0 Å². The molecule has 0 aromatic carbocycles. The van der Waals surface area contributed by atoms with E-state index in [1.165, 1.54) is 12.8 Å². The van der Waals surface area contributed by atoms with E-state index in [1.807, 2.05) is 13.8 Å². The second-order valence-electron chi connectivity index (χ2n) is 7.37. The zero-order valence-corrected chi connectivity index (χ0v) is 19.7. The third kappa shape index (κ3) is 550. The molecular formula is C23H60.